The van der Waals surface area contributed by atoms with Crippen molar-refractivity contribution < 1.29 is 0 Å². The Labute approximate surface area is 72.8 Å². The van der Waals surface area contributed by atoms with Gasteiger partial charge in [-0.2, -0.15) is 0 Å². The second kappa shape index (κ2) is 2.04. The normalized spacial score (nSPS) is 11.4. The zero-order valence-electron chi connectivity index (χ0n) is 6.64. The van der Waals surface area contributed by atoms with Crippen LogP contribution in [-0.2, 0) is 0 Å². The number of benzene rings is 1. The molecule has 0 saturated heterocycles. The summed E-state index contributed by atoms with van der Waals surface area (Å²) in [6, 6.07) is 6.94. The Morgan fingerprint density at radius 1 is 1.23 bits per heavy atom. The second-order valence-electron chi connectivity index (χ2n) is 2.89. The highest BCUT2D eigenvalue weighted by molar-refractivity contribution is 5.92. The van der Waals surface area contributed by atoms with E-state index in [1.54, 1.807) is 16.8 Å². The number of aromatic nitrogens is 3. The Morgan fingerprint density at radius 2 is 2.15 bits per heavy atom. The average Bonchev–Trinajstić information content (AvgIpc) is 2.57. The summed E-state index contributed by atoms with van der Waals surface area (Å²) >= 11 is 0. The number of pyridine rings is 1. The van der Waals surface area contributed by atoms with Gasteiger partial charge in [0.15, 0.2) is 5.43 Å². The van der Waals surface area contributed by atoms with E-state index in [0.29, 0.717) is 5.39 Å². The van der Waals surface area contributed by atoms with Crippen LogP contribution in [0, 0.1) is 0 Å². The molecular formula is C9H5N3O. The summed E-state index contributed by atoms with van der Waals surface area (Å²) in [6.45, 7) is 0. The first-order valence-corrected chi connectivity index (χ1v) is 3.93. The van der Waals surface area contributed by atoms with Crippen LogP contribution in [0.5, 0.6) is 0 Å². The van der Waals surface area contributed by atoms with Gasteiger partial charge >= 0.3 is 0 Å². The van der Waals surface area contributed by atoms with E-state index in [0.717, 1.165) is 11.0 Å². The molecule has 0 amide bonds. The molecule has 3 rings (SSSR count). The lowest BCUT2D eigenvalue weighted by molar-refractivity contribution is 0.862. The van der Waals surface area contributed by atoms with Gasteiger partial charge in [0.2, 0.25) is 0 Å². The lowest BCUT2D eigenvalue weighted by atomic mass is 10.2. The topological polar surface area (TPSA) is 47.3 Å². The number of rotatable bonds is 0. The van der Waals surface area contributed by atoms with Crippen LogP contribution in [0.4, 0.5) is 0 Å². The third-order valence-corrected chi connectivity index (χ3v) is 2.13. The van der Waals surface area contributed by atoms with Crippen molar-refractivity contribution in [3.05, 3.63) is 40.7 Å². The molecule has 4 heteroatoms. The number of hydrogen-bond donors (Lipinski definition) is 0. The minimum absolute atomic E-state index is 0.0143. The number of para-hydroxylation sites is 1. The van der Waals surface area contributed by atoms with Crippen LogP contribution < -0.4 is 5.43 Å². The molecule has 0 unspecified atom stereocenters. The van der Waals surface area contributed by atoms with Crippen molar-refractivity contribution in [2.24, 2.45) is 0 Å². The first-order chi connectivity index (χ1) is 6.36. The van der Waals surface area contributed by atoms with Gasteiger partial charge in [-0.3, -0.25) is 4.79 Å². The van der Waals surface area contributed by atoms with E-state index in [1.807, 2.05) is 12.1 Å². The monoisotopic (exact) mass is 171 g/mol. The molecule has 0 fully saturated rings. The van der Waals surface area contributed by atoms with Crippen LogP contribution in [-0.4, -0.2) is 14.8 Å². The second-order valence-corrected chi connectivity index (χ2v) is 2.89. The number of hydrogen-bond acceptors (Lipinski definition) is 3. The van der Waals surface area contributed by atoms with Crippen molar-refractivity contribution in [3.8, 4) is 0 Å². The van der Waals surface area contributed by atoms with E-state index in [-0.39, 0.29) is 5.43 Å². The highest BCUT2D eigenvalue weighted by Crippen LogP contribution is 2.14. The van der Waals surface area contributed by atoms with Gasteiger partial charge in [0.1, 0.15) is 11.0 Å². The molecule has 1 aromatic carbocycles. The average molecular weight is 171 g/mol. The van der Waals surface area contributed by atoms with Gasteiger partial charge in [0.25, 0.3) is 0 Å². The Bertz CT molecular complexity index is 614. The van der Waals surface area contributed by atoms with Crippen molar-refractivity contribution >= 4 is 16.4 Å². The van der Waals surface area contributed by atoms with E-state index < -0.39 is 0 Å². The maximum absolute atomic E-state index is 11.4. The van der Waals surface area contributed by atoms with Crippen LogP contribution in [0.1, 0.15) is 0 Å². The van der Waals surface area contributed by atoms with E-state index in [9.17, 15) is 4.79 Å². The van der Waals surface area contributed by atoms with Crippen LogP contribution in [0.2, 0.25) is 0 Å². The summed E-state index contributed by atoms with van der Waals surface area (Å²) in [5, 5.41) is 8.49. The lowest BCUT2D eigenvalue weighted by Crippen LogP contribution is -2.01. The molecule has 0 aliphatic heterocycles. The fourth-order valence-electron chi connectivity index (χ4n) is 1.53. The lowest BCUT2D eigenvalue weighted by Gasteiger charge is -1.93. The van der Waals surface area contributed by atoms with Gasteiger partial charge in [0.05, 0.1) is 5.39 Å². The highest BCUT2D eigenvalue weighted by Gasteiger charge is 2.06. The molecule has 0 saturated carbocycles. The zero-order valence-corrected chi connectivity index (χ0v) is 6.64. The maximum Gasteiger partial charge on any atom is 0.189 e. The summed E-state index contributed by atoms with van der Waals surface area (Å²) in [7, 11) is 0. The Balaban J connectivity index is 2.82. The molecular weight excluding hydrogens is 166 g/mol. The molecule has 0 aliphatic carbocycles. The van der Waals surface area contributed by atoms with Crippen molar-refractivity contribution in [2.75, 3.05) is 0 Å². The molecule has 3 aromatic rings. The maximum atomic E-state index is 11.4. The minimum Gasteiger partial charge on any atom is -0.289 e. The van der Waals surface area contributed by atoms with Crippen LogP contribution >= 0.6 is 0 Å². The van der Waals surface area contributed by atoms with Crippen molar-refractivity contribution in [2.45, 2.75) is 0 Å². The minimum atomic E-state index is 0.0143. The van der Waals surface area contributed by atoms with E-state index in [1.165, 1.54) is 6.07 Å². The van der Waals surface area contributed by atoms with Gasteiger partial charge in [-0.25, -0.2) is 4.52 Å². The molecule has 0 atom stereocenters. The zero-order chi connectivity index (χ0) is 8.84. The first-order valence-electron chi connectivity index (χ1n) is 3.93. The molecule has 0 N–H and O–H groups in total. The summed E-state index contributed by atoms with van der Waals surface area (Å²) in [4.78, 5) is 11.4. The molecule has 2 heterocycles. The summed E-state index contributed by atoms with van der Waals surface area (Å²) < 4.78 is 1.62. The third kappa shape index (κ3) is 0.717. The molecule has 4 nitrogen and oxygen atoms in total. The first kappa shape index (κ1) is 6.54. The van der Waals surface area contributed by atoms with E-state index in [4.69, 9.17) is 0 Å². The van der Waals surface area contributed by atoms with Gasteiger partial charge in [-0.1, -0.05) is 11.3 Å². The standard InChI is InChI=1S/C9H5N3O/c13-8-4-5-12-9-6(8)2-1-3-7(9)10-11-12/h1-5H. The molecule has 0 bridgehead atoms. The predicted octanol–water partition coefficient (Wildman–Crippen LogP) is 0.680. The predicted molar refractivity (Wildman–Crippen MR) is 47.9 cm³/mol. The van der Waals surface area contributed by atoms with Gasteiger partial charge in [-0.05, 0) is 12.1 Å². The van der Waals surface area contributed by atoms with E-state index >= 15 is 0 Å². The fraction of sp³-hybridized carbons (Fsp3) is 0. The molecule has 62 valence electrons. The third-order valence-electron chi connectivity index (χ3n) is 2.13. The smallest absolute Gasteiger partial charge is 0.189 e. The Hall–Kier alpha value is -1.97. The molecule has 0 aliphatic rings. The van der Waals surface area contributed by atoms with Crippen molar-refractivity contribution in [1.29, 1.82) is 0 Å². The summed E-state index contributed by atoms with van der Waals surface area (Å²) in [6.07, 6.45) is 1.63. The fourth-order valence-corrected chi connectivity index (χ4v) is 1.53. The molecule has 2 aromatic heterocycles. The quantitative estimate of drug-likeness (QED) is 0.499. The molecule has 0 radical (unpaired) electrons. The van der Waals surface area contributed by atoms with E-state index in [2.05, 4.69) is 10.3 Å². The Kier molecular flexibility index (Phi) is 1.02. The largest absolute Gasteiger partial charge is 0.289 e. The SMILES string of the molecule is O=c1ccn2nnc3cccc1c32. The van der Waals surface area contributed by atoms with Crippen LogP contribution in [0.3, 0.4) is 0 Å². The van der Waals surface area contributed by atoms with Crippen LogP contribution in [0.15, 0.2) is 35.3 Å². The Morgan fingerprint density at radius 3 is 3.08 bits per heavy atom. The van der Waals surface area contributed by atoms with Gasteiger partial charge < -0.3 is 0 Å². The van der Waals surface area contributed by atoms with Crippen molar-refractivity contribution in [1.82, 2.24) is 14.8 Å². The van der Waals surface area contributed by atoms with Crippen LogP contribution in [0.25, 0.3) is 16.4 Å². The molecule has 0 spiro atoms. The van der Waals surface area contributed by atoms with Gasteiger partial charge in [0, 0.05) is 12.3 Å². The number of nitrogens with zero attached hydrogens (tertiary/aromatic N) is 3. The summed E-state index contributed by atoms with van der Waals surface area (Å²) in [5.41, 5.74) is 1.57. The summed E-state index contributed by atoms with van der Waals surface area (Å²) in [5.74, 6) is 0. The highest BCUT2D eigenvalue weighted by atomic mass is 16.1. The molecule has 13 heavy (non-hydrogen) atoms. The van der Waals surface area contributed by atoms with Crippen molar-refractivity contribution in [3.63, 3.8) is 0 Å². The van der Waals surface area contributed by atoms with Gasteiger partial charge in [-0.15, -0.1) is 5.10 Å².